The minimum Gasteiger partial charge on any atom is -0.463 e. The Morgan fingerprint density at radius 2 is 1.52 bits per heavy atom. The SMILES string of the molecule is CCOC(=O)/C=C/P(=S)(c1ccccc1)c1ccccc1. The van der Waals surface area contributed by atoms with Gasteiger partial charge in [-0.1, -0.05) is 72.5 Å². The highest BCUT2D eigenvalue weighted by molar-refractivity contribution is 8.23. The molecule has 0 aliphatic carbocycles. The Balaban J connectivity index is 2.46. The average molecular weight is 316 g/mol. The first-order valence-corrected chi connectivity index (χ1v) is 9.61. The summed E-state index contributed by atoms with van der Waals surface area (Å²) in [6.45, 7) is 2.15. The molecule has 0 aliphatic heterocycles. The monoisotopic (exact) mass is 316 g/mol. The molecule has 21 heavy (non-hydrogen) atoms. The van der Waals surface area contributed by atoms with Gasteiger partial charge in [-0.3, -0.25) is 0 Å². The number of hydrogen-bond acceptors (Lipinski definition) is 3. The molecule has 0 aromatic heterocycles. The summed E-state index contributed by atoms with van der Waals surface area (Å²) in [5.41, 5.74) is 0. The largest absolute Gasteiger partial charge is 0.463 e. The molecule has 0 atom stereocenters. The van der Waals surface area contributed by atoms with E-state index in [-0.39, 0.29) is 5.97 Å². The summed E-state index contributed by atoms with van der Waals surface area (Å²) < 4.78 is 4.95. The van der Waals surface area contributed by atoms with Crippen LogP contribution in [0, 0.1) is 0 Å². The van der Waals surface area contributed by atoms with Crippen molar-refractivity contribution in [2.24, 2.45) is 0 Å². The number of ether oxygens (including phenoxy) is 1. The van der Waals surface area contributed by atoms with Crippen molar-refractivity contribution in [1.82, 2.24) is 0 Å². The number of rotatable bonds is 5. The van der Waals surface area contributed by atoms with Crippen molar-refractivity contribution in [2.45, 2.75) is 6.92 Å². The van der Waals surface area contributed by atoms with Gasteiger partial charge in [0.2, 0.25) is 0 Å². The van der Waals surface area contributed by atoms with Gasteiger partial charge in [-0.05, 0) is 23.3 Å². The fourth-order valence-corrected chi connectivity index (χ4v) is 5.09. The number of carbonyl (C=O) groups is 1. The van der Waals surface area contributed by atoms with Crippen molar-refractivity contribution in [3.8, 4) is 0 Å². The van der Waals surface area contributed by atoms with Gasteiger partial charge in [-0.2, -0.15) is 0 Å². The van der Waals surface area contributed by atoms with Gasteiger partial charge in [0.05, 0.1) is 6.61 Å². The Kier molecular flexibility index (Phi) is 5.49. The molecular weight excluding hydrogens is 299 g/mol. The van der Waals surface area contributed by atoms with Gasteiger partial charge in [-0.25, -0.2) is 4.79 Å². The second-order valence-electron chi connectivity index (χ2n) is 4.40. The van der Waals surface area contributed by atoms with Crippen LogP contribution in [0.15, 0.2) is 72.6 Å². The molecule has 0 bridgehead atoms. The van der Waals surface area contributed by atoms with E-state index in [9.17, 15) is 4.79 Å². The number of esters is 1. The van der Waals surface area contributed by atoms with E-state index >= 15 is 0 Å². The molecule has 2 aromatic rings. The Bertz CT molecular complexity index is 622. The highest BCUT2D eigenvalue weighted by Crippen LogP contribution is 2.45. The standard InChI is InChI=1S/C17H17O2PS/c1-2-19-17(18)13-14-20(21,15-9-5-3-6-10-15)16-11-7-4-8-12-16/h3-14H,2H2,1H3/b14-13+. The van der Waals surface area contributed by atoms with E-state index in [1.54, 1.807) is 6.92 Å². The Hall–Kier alpha value is -1.70. The molecule has 0 N–H and O–H groups in total. The first-order chi connectivity index (χ1) is 10.2. The van der Waals surface area contributed by atoms with Crippen LogP contribution in [0.25, 0.3) is 0 Å². The number of carbonyl (C=O) groups excluding carboxylic acids is 1. The third-order valence-electron chi connectivity index (χ3n) is 2.99. The molecule has 0 radical (unpaired) electrons. The smallest absolute Gasteiger partial charge is 0.330 e. The van der Waals surface area contributed by atoms with E-state index in [4.69, 9.17) is 16.5 Å². The lowest BCUT2D eigenvalue weighted by atomic mass is 10.4. The lowest BCUT2D eigenvalue weighted by Crippen LogP contribution is -2.14. The minimum absolute atomic E-state index is 0.349. The molecule has 0 spiro atoms. The van der Waals surface area contributed by atoms with Crippen LogP contribution in [-0.4, -0.2) is 12.6 Å². The number of benzene rings is 2. The quantitative estimate of drug-likeness (QED) is 0.481. The predicted octanol–water partition coefficient (Wildman–Crippen LogP) is 3.19. The third kappa shape index (κ3) is 3.90. The van der Waals surface area contributed by atoms with Gasteiger partial charge >= 0.3 is 5.97 Å². The van der Waals surface area contributed by atoms with Crippen LogP contribution in [0.3, 0.4) is 0 Å². The first-order valence-electron chi connectivity index (χ1n) is 6.74. The summed E-state index contributed by atoms with van der Waals surface area (Å²) in [6, 6.07) is 17.7. The number of hydrogen-bond donors (Lipinski definition) is 0. The molecule has 0 amide bonds. The van der Waals surface area contributed by atoms with Crippen LogP contribution in [0.1, 0.15) is 6.92 Å². The van der Waals surface area contributed by atoms with Crippen LogP contribution >= 0.6 is 6.04 Å². The molecule has 2 aromatic carbocycles. The first kappa shape index (κ1) is 15.7. The van der Waals surface area contributed by atoms with Gasteiger partial charge in [-0.15, -0.1) is 0 Å². The maximum atomic E-state index is 11.6. The average Bonchev–Trinajstić information content (AvgIpc) is 2.54. The van der Waals surface area contributed by atoms with Gasteiger partial charge in [0, 0.05) is 12.1 Å². The van der Waals surface area contributed by atoms with Crippen LogP contribution in [0.5, 0.6) is 0 Å². The minimum atomic E-state index is -2.15. The second-order valence-corrected chi connectivity index (χ2v) is 8.77. The summed E-state index contributed by atoms with van der Waals surface area (Å²) in [5.74, 6) is 1.49. The van der Waals surface area contributed by atoms with E-state index in [0.717, 1.165) is 10.6 Å². The normalized spacial score (nSPS) is 11.5. The lowest BCUT2D eigenvalue weighted by Gasteiger charge is -2.19. The summed E-state index contributed by atoms with van der Waals surface area (Å²) >= 11 is 5.95. The van der Waals surface area contributed by atoms with Crippen LogP contribution < -0.4 is 10.6 Å². The topological polar surface area (TPSA) is 26.3 Å². The lowest BCUT2D eigenvalue weighted by molar-refractivity contribution is -0.137. The molecule has 2 nitrogen and oxygen atoms in total. The van der Waals surface area contributed by atoms with Crippen LogP contribution in [-0.2, 0) is 21.3 Å². The van der Waals surface area contributed by atoms with E-state index < -0.39 is 6.04 Å². The Morgan fingerprint density at radius 3 is 1.95 bits per heavy atom. The van der Waals surface area contributed by atoms with Crippen molar-refractivity contribution >= 4 is 34.4 Å². The van der Waals surface area contributed by atoms with E-state index in [2.05, 4.69) is 0 Å². The van der Waals surface area contributed by atoms with Crippen molar-refractivity contribution in [2.75, 3.05) is 6.61 Å². The maximum absolute atomic E-state index is 11.6. The van der Waals surface area contributed by atoms with E-state index in [1.807, 2.05) is 66.5 Å². The van der Waals surface area contributed by atoms with Gasteiger partial charge < -0.3 is 4.74 Å². The molecular formula is C17H17O2PS. The zero-order valence-electron chi connectivity index (χ0n) is 11.8. The fraction of sp³-hybridized carbons (Fsp3) is 0.118. The summed E-state index contributed by atoms with van der Waals surface area (Å²) in [4.78, 5) is 11.6. The molecule has 0 saturated heterocycles. The maximum Gasteiger partial charge on any atom is 0.330 e. The molecule has 0 saturated carbocycles. The zero-order chi connectivity index (χ0) is 15.1. The van der Waals surface area contributed by atoms with Crippen molar-refractivity contribution < 1.29 is 9.53 Å². The van der Waals surface area contributed by atoms with E-state index in [0.29, 0.717) is 6.61 Å². The van der Waals surface area contributed by atoms with E-state index in [1.165, 1.54) is 6.08 Å². The molecule has 2 rings (SSSR count). The van der Waals surface area contributed by atoms with Crippen molar-refractivity contribution in [1.29, 1.82) is 0 Å². The van der Waals surface area contributed by atoms with Crippen LogP contribution in [0.4, 0.5) is 0 Å². The summed E-state index contributed by atoms with van der Waals surface area (Å²) in [7, 11) is 0. The molecule has 108 valence electrons. The summed E-state index contributed by atoms with van der Waals surface area (Å²) in [5, 5.41) is 2.12. The van der Waals surface area contributed by atoms with Crippen molar-refractivity contribution in [3.63, 3.8) is 0 Å². The molecule has 0 aliphatic rings. The van der Waals surface area contributed by atoms with Gasteiger partial charge in [0.1, 0.15) is 0 Å². The molecule has 0 fully saturated rings. The molecule has 0 unspecified atom stereocenters. The second kappa shape index (κ2) is 7.35. The fourth-order valence-electron chi connectivity index (χ4n) is 1.98. The Morgan fingerprint density at radius 1 is 1.05 bits per heavy atom. The molecule has 0 heterocycles. The van der Waals surface area contributed by atoms with Crippen molar-refractivity contribution in [3.05, 3.63) is 72.6 Å². The summed E-state index contributed by atoms with van der Waals surface area (Å²) in [6.07, 6.45) is 1.46. The van der Waals surface area contributed by atoms with Gasteiger partial charge in [0.15, 0.2) is 0 Å². The van der Waals surface area contributed by atoms with Gasteiger partial charge in [0.25, 0.3) is 0 Å². The zero-order valence-corrected chi connectivity index (χ0v) is 13.5. The van der Waals surface area contributed by atoms with Crippen LogP contribution in [0.2, 0.25) is 0 Å². The predicted molar refractivity (Wildman–Crippen MR) is 92.2 cm³/mol. The highest BCUT2D eigenvalue weighted by Gasteiger charge is 2.19. The highest BCUT2D eigenvalue weighted by atomic mass is 32.4. The Labute approximate surface area is 130 Å². The molecule has 4 heteroatoms. The third-order valence-corrected chi connectivity index (χ3v) is 7.32.